The lowest BCUT2D eigenvalue weighted by atomic mass is 10.2. The molecule has 7 nitrogen and oxygen atoms in total. The number of carbonyl (C=O) groups is 2. The molecule has 0 aliphatic carbocycles. The number of aromatic nitrogens is 1. The molecule has 1 amide bonds. The van der Waals surface area contributed by atoms with Gasteiger partial charge in [-0.05, 0) is 25.1 Å². The number of furan rings is 1. The van der Waals surface area contributed by atoms with E-state index in [1.165, 1.54) is 24.3 Å². The minimum absolute atomic E-state index is 0.0924. The van der Waals surface area contributed by atoms with Crippen LogP contribution in [-0.2, 0) is 6.54 Å². The Labute approximate surface area is 127 Å². The molecule has 116 valence electrons. The molecule has 0 spiro atoms. The molecule has 0 bridgehead atoms. The number of ether oxygens (including phenoxy) is 1. The van der Waals surface area contributed by atoms with E-state index in [1.807, 2.05) is 0 Å². The Kier molecular flexibility index (Phi) is 4.45. The number of methoxy groups -OCH3 is 1. The third-order valence-electron chi connectivity index (χ3n) is 3.13. The van der Waals surface area contributed by atoms with Crippen LogP contribution in [0.25, 0.3) is 0 Å². The monoisotopic (exact) mass is 304 g/mol. The second-order valence-corrected chi connectivity index (χ2v) is 4.71. The van der Waals surface area contributed by atoms with Gasteiger partial charge in [-0.3, -0.25) is 4.79 Å². The summed E-state index contributed by atoms with van der Waals surface area (Å²) in [4.78, 5) is 28.8. The third kappa shape index (κ3) is 3.08. The number of aromatic carboxylic acids is 1. The number of amides is 1. The fraction of sp³-hybridized carbons (Fsp3) is 0.267. The van der Waals surface area contributed by atoms with Gasteiger partial charge in [0.1, 0.15) is 22.6 Å². The topological polar surface area (TPSA) is 92.9 Å². The van der Waals surface area contributed by atoms with Gasteiger partial charge in [-0.2, -0.15) is 0 Å². The standard InChI is InChI=1S/C15H16N2O5/c1-9-12(15(19)20)7-10(22-9)8-17(2)14(18)11-5-4-6-16-13(11)21-3/h4-7H,8H2,1-3H3,(H,19,20). The molecule has 22 heavy (non-hydrogen) atoms. The van der Waals surface area contributed by atoms with E-state index in [0.717, 1.165) is 0 Å². The van der Waals surface area contributed by atoms with Crippen molar-refractivity contribution in [3.63, 3.8) is 0 Å². The van der Waals surface area contributed by atoms with Crippen molar-refractivity contribution in [2.45, 2.75) is 13.5 Å². The van der Waals surface area contributed by atoms with Gasteiger partial charge in [0, 0.05) is 13.2 Å². The van der Waals surface area contributed by atoms with Crippen LogP contribution in [0.4, 0.5) is 0 Å². The number of hydrogen-bond acceptors (Lipinski definition) is 5. The Morgan fingerprint density at radius 3 is 2.73 bits per heavy atom. The maximum Gasteiger partial charge on any atom is 0.339 e. The number of pyridine rings is 1. The highest BCUT2D eigenvalue weighted by Gasteiger charge is 2.20. The molecule has 0 aliphatic heterocycles. The first kappa shape index (κ1) is 15.6. The van der Waals surface area contributed by atoms with Crippen LogP contribution in [0.2, 0.25) is 0 Å². The van der Waals surface area contributed by atoms with Crippen LogP contribution in [0.5, 0.6) is 5.88 Å². The van der Waals surface area contributed by atoms with Crippen molar-refractivity contribution < 1.29 is 23.8 Å². The zero-order chi connectivity index (χ0) is 16.3. The maximum atomic E-state index is 12.4. The molecule has 0 radical (unpaired) electrons. The van der Waals surface area contributed by atoms with E-state index in [0.29, 0.717) is 17.1 Å². The molecular weight excluding hydrogens is 288 g/mol. The molecule has 0 aliphatic rings. The number of carboxylic acid groups (broad SMARTS) is 1. The second-order valence-electron chi connectivity index (χ2n) is 4.71. The number of carboxylic acids is 1. The van der Waals surface area contributed by atoms with Gasteiger partial charge >= 0.3 is 5.97 Å². The average molecular weight is 304 g/mol. The molecule has 2 aromatic rings. The quantitative estimate of drug-likeness (QED) is 0.907. The van der Waals surface area contributed by atoms with Gasteiger partial charge in [0.25, 0.3) is 5.91 Å². The summed E-state index contributed by atoms with van der Waals surface area (Å²) in [6.07, 6.45) is 1.53. The Morgan fingerprint density at radius 1 is 1.41 bits per heavy atom. The van der Waals surface area contributed by atoms with Crippen molar-refractivity contribution in [1.82, 2.24) is 9.88 Å². The van der Waals surface area contributed by atoms with Crippen molar-refractivity contribution >= 4 is 11.9 Å². The Bertz CT molecular complexity index is 708. The van der Waals surface area contributed by atoms with Crippen molar-refractivity contribution in [2.24, 2.45) is 0 Å². The number of aryl methyl sites for hydroxylation is 1. The molecule has 0 unspecified atom stereocenters. The maximum absolute atomic E-state index is 12.4. The zero-order valence-electron chi connectivity index (χ0n) is 12.5. The van der Waals surface area contributed by atoms with E-state index in [1.54, 1.807) is 26.1 Å². The molecule has 1 N–H and O–H groups in total. The van der Waals surface area contributed by atoms with Crippen molar-refractivity contribution in [3.05, 3.63) is 47.0 Å². The summed E-state index contributed by atoms with van der Waals surface area (Å²) in [5, 5.41) is 9.00. The highest BCUT2D eigenvalue weighted by atomic mass is 16.5. The number of carbonyl (C=O) groups excluding carboxylic acids is 1. The van der Waals surface area contributed by atoms with Gasteiger partial charge in [-0.15, -0.1) is 0 Å². The van der Waals surface area contributed by atoms with Gasteiger partial charge in [0.2, 0.25) is 5.88 Å². The average Bonchev–Trinajstić information content (AvgIpc) is 2.87. The molecule has 7 heteroatoms. The molecule has 0 fully saturated rings. The van der Waals surface area contributed by atoms with Crippen LogP contribution in [-0.4, -0.2) is 41.0 Å². The minimum atomic E-state index is -1.06. The predicted molar refractivity (Wildman–Crippen MR) is 77.0 cm³/mol. The fourth-order valence-corrected chi connectivity index (χ4v) is 2.06. The second kappa shape index (κ2) is 6.30. The van der Waals surface area contributed by atoms with Gasteiger partial charge in [0.05, 0.1) is 13.7 Å². The summed E-state index contributed by atoms with van der Waals surface area (Å²) in [5.74, 6) is -0.414. The predicted octanol–water partition coefficient (Wildman–Crippen LogP) is 1.96. The van der Waals surface area contributed by atoms with Gasteiger partial charge in [-0.25, -0.2) is 9.78 Å². The molecule has 0 atom stereocenters. The first-order valence-corrected chi connectivity index (χ1v) is 6.51. The smallest absolute Gasteiger partial charge is 0.339 e. The van der Waals surface area contributed by atoms with Gasteiger partial charge < -0.3 is 19.2 Å². The molecule has 2 heterocycles. The molecule has 0 saturated heterocycles. The molecule has 2 aromatic heterocycles. The summed E-state index contributed by atoms with van der Waals surface area (Å²) >= 11 is 0. The lowest BCUT2D eigenvalue weighted by Gasteiger charge is -2.16. The SMILES string of the molecule is COc1ncccc1C(=O)N(C)Cc1cc(C(=O)O)c(C)o1. The summed E-state index contributed by atoms with van der Waals surface area (Å²) in [7, 11) is 3.03. The Hall–Kier alpha value is -2.83. The van der Waals surface area contributed by atoms with Crippen LogP contribution in [0.3, 0.4) is 0 Å². The lowest BCUT2D eigenvalue weighted by Crippen LogP contribution is -2.26. The number of hydrogen-bond donors (Lipinski definition) is 1. The first-order valence-electron chi connectivity index (χ1n) is 6.51. The van der Waals surface area contributed by atoms with E-state index in [9.17, 15) is 9.59 Å². The van der Waals surface area contributed by atoms with E-state index >= 15 is 0 Å². The number of rotatable bonds is 5. The van der Waals surface area contributed by atoms with E-state index < -0.39 is 5.97 Å². The van der Waals surface area contributed by atoms with Crippen molar-refractivity contribution in [2.75, 3.05) is 14.2 Å². The van der Waals surface area contributed by atoms with Crippen molar-refractivity contribution in [3.8, 4) is 5.88 Å². The normalized spacial score (nSPS) is 10.3. The van der Waals surface area contributed by atoms with Crippen LogP contribution in [0.15, 0.2) is 28.8 Å². The largest absolute Gasteiger partial charge is 0.480 e. The van der Waals surface area contributed by atoms with Crippen LogP contribution < -0.4 is 4.74 Å². The Morgan fingerprint density at radius 2 is 2.14 bits per heavy atom. The van der Waals surface area contributed by atoms with E-state index in [4.69, 9.17) is 14.3 Å². The summed E-state index contributed by atoms with van der Waals surface area (Å²) in [6, 6.07) is 4.67. The summed E-state index contributed by atoms with van der Waals surface area (Å²) in [6.45, 7) is 1.71. The fourth-order valence-electron chi connectivity index (χ4n) is 2.06. The molecule has 0 aromatic carbocycles. The molecular formula is C15H16N2O5. The number of nitrogens with zero attached hydrogens (tertiary/aromatic N) is 2. The summed E-state index contributed by atoms with van der Waals surface area (Å²) in [5.41, 5.74) is 0.420. The van der Waals surface area contributed by atoms with Crippen LogP contribution in [0, 0.1) is 6.92 Å². The van der Waals surface area contributed by atoms with Crippen LogP contribution in [0.1, 0.15) is 32.2 Å². The zero-order valence-corrected chi connectivity index (χ0v) is 12.5. The van der Waals surface area contributed by atoms with Gasteiger partial charge in [-0.1, -0.05) is 0 Å². The first-order chi connectivity index (χ1) is 10.4. The molecule has 0 saturated carbocycles. The Balaban J connectivity index is 2.18. The molecule has 2 rings (SSSR count). The van der Waals surface area contributed by atoms with Crippen LogP contribution >= 0.6 is 0 Å². The van der Waals surface area contributed by atoms with Gasteiger partial charge in [0.15, 0.2) is 0 Å². The summed E-state index contributed by atoms with van der Waals surface area (Å²) < 4.78 is 10.4. The highest BCUT2D eigenvalue weighted by Crippen LogP contribution is 2.19. The van der Waals surface area contributed by atoms with Crippen molar-refractivity contribution in [1.29, 1.82) is 0 Å². The third-order valence-corrected chi connectivity index (χ3v) is 3.13. The van der Waals surface area contributed by atoms with E-state index in [-0.39, 0.29) is 23.9 Å². The van der Waals surface area contributed by atoms with E-state index in [2.05, 4.69) is 4.98 Å². The minimum Gasteiger partial charge on any atom is -0.480 e. The lowest BCUT2D eigenvalue weighted by molar-refractivity contribution is 0.0694. The highest BCUT2D eigenvalue weighted by molar-refractivity contribution is 5.96.